The van der Waals surface area contributed by atoms with E-state index >= 15 is 0 Å². The van der Waals surface area contributed by atoms with Crippen molar-refractivity contribution in [3.05, 3.63) is 22.7 Å². The number of carbonyl (C=O) groups excluding carboxylic acids is 1. The van der Waals surface area contributed by atoms with Crippen molar-refractivity contribution in [2.75, 3.05) is 12.3 Å². The van der Waals surface area contributed by atoms with Crippen LogP contribution >= 0.6 is 0 Å². The van der Waals surface area contributed by atoms with Gasteiger partial charge >= 0.3 is 11.7 Å². The number of nitrogens with zero attached hydrogens (tertiary/aromatic N) is 2. The second-order valence-electron chi connectivity index (χ2n) is 9.15. The zero-order valence-corrected chi connectivity index (χ0v) is 20.3. The minimum Gasteiger partial charge on any atom is -0.463 e. The molecule has 0 aromatic carbocycles. The van der Waals surface area contributed by atoms with E-state index in [1.165, 1.54) is 81.0 Å². The largest absolute Gasteiger partial charge is 0.463 e. The zero-order valence-electron chi connectivity index (χ0n) is 20.3. The van der Waals surface area contributed by atoms with Gasteiger partial charge in [0.05, 0.1) is 6.10 Å². The number of hydrogen-bond acceptors (Lipinski definition) is 7. The Hall–Kier alpha value is -1.93. The van der Waals surface area contributed by atoms with Gasteiger partial charge in [-0.25, -0.2) is 4.79 Å². The fraction of sp³-hybridized carbons (Fsp3) is 0.800. The number of aromatic nitrogens is 2. The van der Waals surface area contributed by atoms with Crippen molar-refractivity contribution in [3.8, 4) is 0 Å². The lowest BCUT2D eigenvalue weighted by molar-refractivity contribution is -0.150. The van der Waals surface area contributed by atoms with Crippen LogP contribution in [-0.4, -0.2) is 39.4 Å². The van der Waals surface area contributed by atoms with Crippen LogP contribution in [0.2, 0.25) is 0 Å². The number of nitrogen functional groups attached to an aromatic ring is 1. The highest BCUT2D eigenvalue weighted by Gasteiger charge is 2.36. The lowest BCUT2D eigenvalue weighted by atomic mass is 10.0. The molecule has 1 unspecified atom stereocenters. The first-order valence-corrected chi connectivity index (χ1v) is 12.8. The highest BCUT2D eigenvalue weighted by atomic mass is 16.6. The molecule has 1 saturated heterocycles. The van der Waals surface area contributed by atoms with Gasteiger partial charge in [0.15, 0.2) is 0 Å². The summed E-state index contributed by atoms with van der Waals surface area (Å²) < 4.78 is 12.3. The maximum absolute atomic E-state index is 12.0. The molecule has 1 aromatic heterocycles. The Labute approximate surface area is 197 Å². The minimum atomic E-state index is -0.816. The van der Waals surface area contributed by atoms with Crippen molar-refractivity contribution in [1.29, 1.82) is 0 Å². The van der Waals surface area contributed by atoms with Gasteiger partial charge in [0.1, 0.15) is 24.8 Å². The van der Waals surface area contributed by atoms with Crippen LogP contribution < -0.4 is 11.4 Å². The number of nitrogens with two attached hydrogens (primary N) is 1. The molecule has 1 aliphatic heterocycles. The number of anilines is 1. The summed E-state index contributed by atoms with van der Waals surface area (Å²) in [5.74, 6) is -0.142. The lowest BCUT2D eigenvalue weighted by Gasteiger charge is -2.16. The van der Waals surface area contributed by atoms with Crippen molar-refractivity contribution < 1.29 is 19.4 Å². The van der Waals surface area contributed by atoms with Gasteiger partial charge in [-0.05, 0) is 12.5 Å². The first kappa shape index (κ1) is 27.3. The summed E-state index contributed by atoms with van der Waals surface area (Å²) >= 11 is 0. The molecule has 2 rings (SSSR count). The summed E-state index contributed by atoms with van der Waals surface area (Å²) in [7, 11) is 0. The molecular formula is C25H43N3O5. The third kappa shape index (κ3) is 10.7. The van der Waals surface area contributed by atoms with Crippen LogP contribution in [0, 0.1) is 0 Å². The Balaban J connectivity index is 1.47. The highest BCUT2D eigenvalue weighted by molar-refractivity contribution is 5.69. The van der Waals surface area contributed by atoms with E-state index in [0.29, 0.717) is 6.42 Å². The smallest absolute Gasteiger partial charge is 0.351 e. The SMILES string of the molecule is CCCCCCCCCCCCCCCC(=O)OC[C@H]1OC(n2ccc(N)nc2=O)C[C@@H]1O. The van der Waals surface area contributed by atoms with E-state index in [0.717, 1.165) is 19.3 Å². The zero-order chi connectivity index (χ0) is 23.9. The molecule has 0 radical (unpaired) electrons. The van der Waals surface area contributed by atoms with E-state index in [2.05, 4.69) is 11.9 Å². The number of hydrogen-bond donors (Lipinski definition) is 2. The molecule has 188 valence electrons. The predicted molar refractivity (Wildman–Crippen MR) is 129 cm³/mol. The molecule has 3 N–H and O–H groups in total. The Morgan fingerprint density at radius 2 is 1.67 bits per heavy atom. The van der Waals surface area contributed by atoms with Gasteiger partial charge in [-0.3, -0.25) is 9.36 Å². The van der Waals surface area contributed by atoms with Crippen LogP contribution in [0.4, 0.5) is 5.82 Å². The fourth-order valence-electron chi connectivity index (χ4n) is 4.22. The van der Waals surface area contributed by atoms with Crippen LogP contribution in [0.1, 0.15) is 109 Å². The van der Waals surface area contributed by atoms with Gasteiger partial charge in [0.2, 0.25) is 0 Å². The van der Waals surface area contributed by atoms with Crippen molar-refractivity contribution in [1.82, 2.24) is 9.55 Å². The van der Waals surface area contributed by atoms with Crippen molar-refractivity contribution in [3.63, 3.8) is 0 Å². The summed E-state index contributed by atoms with van der Waals surface area (Å²) in [6.45, 7) is 2.23. The number of unbranched alkanes of at least 4 members (excludes halogenated alkanes) is 12. The number of aliphatic hydroxyl groups excluding tert-OH is 1. The molecular weight excluding hydrogens is 422 g/mol. The first-order valence-electron chi connectivity index (χ1n) is 12.8. The highest BCUT2D eigenvalue weighted by Crippen LogP contribution is 2.28. The van der Waals surface area contributed by atoms with Gasteiger partial charge in [0, 0.05) is 19.0 Å². The first-order chi connectivity index (χ1) is 16.0. The number of carbonyl (C=O) groups is 1. The molecule has 0 amide bonds. The van der Waals surface area contributed by atoms with Gasteiger partial charge in [-0.1, -0.05) is 84.0 Å². The van der Waals surface area contributed by atoms with Crippen molar-refractivity contribution in [2.45, 2.75) is 122 Å². The molecule has 0 spiro atoms. The number of esters is 1. The molecule has 2 heterocycles. The lowest BCUT2D eigenvalue weighted by Crippen LogP contribution is -2.29. The Bertz CT molecular complexity index is 739. The normalized spacial score (nSPS) is 20.2. The quantitative estimate of drug-likeness (QED) is 0.257. The average Bonchev–Trinajstić information content (AvgIpc) is 3.15. The molecule has 1 aliphatic rings. The van der Waals surface area contributed by atoms with Crippen LogP contribution in [0.5, 0.6) is 0 Å². The van der Waals surface area contributed by atoms with Crippen molar-refractivity contribution >= 4 is 11.8 Å². The van der Waals surface area contributed by atoms with Gasteiger partial charge < -0.3 is 20.3 Å². The Kier molecular flexibility index (Phi) is 13.1. The molecule has 0 aliphatic carbocycles. The van der Waals surface area contributed by atoms with Gasteiger partial charge in [0.25, 0.3) is 0 Å². The standard InChI is InChI=1S/C25H43N3O5/c1-2-3-4-5-6-7-8-9-10-11-12-13-14-15-24(30)32-19-21-20(29)18-23(33-21)28-17-16-22(26)27-25(28)31/h16-17,20-21,23,29H,2-15,18-19H2,1H3,(H2,26,27,31)/t20-,21+,23?/m0/s1. The maximum atomic E-state index is 12.0. The molecule has 0 saturated carbocycles. The van der Waals surface area contributed by atoms with E-state index in [1.54, 1.807) is 0 Å². The number of aliphatic hydroxyl groups is 1. The van der Waals surface area contributed by atoms with E-state index in [1.807, 2.05) is 0 Å². The summed E-state index contributed by atoms with van der Waals surface area (Å²) in [6.07, 6.45) is 16.3. The van der Waals surface area contributed by atoms with E-state index in [4.69, 9.17) is 15.2 Å². The predicted octanol–water partition coefficient (Wildman–Crippen LogP) is 4.50. The van der Waals surface area contributed by atoms with E-state index in [9.17, 15) is 14.7 Å². The fourth-order valence-corrected chi connectivity index (χ4v) is 4.22. The number of rotatable bonds is 17. The van der Waals surface area contributed by atoms with E-state index < -0.39 is 24.1 Å². The molecule has 3 atom stereocenters. The molecule has 0 bridgehead atoms. The van der Waals surface area contributed by atoms with Crippen LogP contribution in [-0.2, 0) is 14.3 Å². The molecule has 1 aromatic rings. The molecule has 33 heavy (non-hydrogen) atoms. The molecule has 1 fully saturated rings. The monoisotopic (exact) mass is 465 g/mol. The molecule has 8 heteroatoms. The second-order valence-corrected chi connectivity index (χ2v) is 9.15. The van der Waals surface area contributed by atoms with Gasteiger partial charge in [-0.15, -0.1) is 0 Å². The van der Waals surface area contributed by atoms with Crippen LogP contribution in [0.25, 0.3) is 0 Å². The van der Waals surface area contributed by atoms with Crippen molar-refractivity contribution in [2.24, 2.45) is 0 Å². The average molecular weight is 466 g/mol. The van der Waals surface area contributed by atoms with Gasteiger partial charge in [-0.2, -0.15) is 4.98 Å². The maximum Gasteiger partial charge on any atom is 0.351 e. The minimum absolute atomic E-state index is 0.0217. The number of ether oxygens (including phenoxy) is 2. The summed E-state index contributed by atoms with van der Waals surface area (Å²) in [5.41, 5.74) is 4.96. The van der Waals surface area contributed by atoms with Crippen LogP contribution in [0.3, 0.4) is 0 Å². The summed E-state index contributed by atoms with van der Waals surface area (Å²) in [4.78, 5) is 27.6. The Morgan fingerprint density at radius 3 is 2.24 bits per heavy atom. The molecule has 8 nitrogen and oxygen atoms in total. The van der Waals surface area contributed by atoms with Crippen LogP contribution in [0.15, 0.2) is 17.1 Å². The van der Waals surface area contributed by atoms with E-state index in [-0.39, 0.29) is 24.8 Å². The second kappa shape index (κ2) is 15.8. The summed E-state index contributed by atoms with van der Waals surface area (Å²) in [6, 6.07) is 1.50. The topological polar surface area (TPSA) is 117 Å². The third-order valence-electron chi connectivity index (χ3n) is 6.26. The Morgan fingerprint density at radius 1 is 1.09 bits per heavy atom. The summed E-state index contributed by atoms with van der Waals surface area (Å²) in [5, 5.41) is 10.2. The third-order valence-corrected chi connectivity index (χ3v) is 6.26.